The molecule has 14 heavy (non-hydrogen) atoms. The molecule has 0 heterocycles. The van der Waals surface area contributed by atoms with E-state index in [0.717, 1.165) is 12.8 Å². The molecule has 1 aromatic rings. The van der Waals surface area contributed by atoms with Gasteiger partial charge >= 0.3 is 0 Å². The number of hydrogen-bond donors (Lipinski definition) is 2. The lowest BCUT2D eigenvalue weighted by Crippen LogP contribution is -2.23. The van der Waals surface area contributed by atoms with E-state index >= 15 is 0 Å². The third-order valence-electron chi connectivity index (χ3n) is 2.41. The van der Waals surface area contributed by atoms with E-state index in [1.54, 1.807) is 0 Å². The van der Waals surface area contributed by atoms with E-state index in [4.69, 9.17) is 11.5 Å². The Morgan fingerprint density at radius 2 is 2.00 bits per heavy atom. The summed E-state index contributed by atoms with van der Waals surface area (Å²) in [4.78, 5) is 4.19. The van der Waals surface area contributed by atoms with Gasteiger partial charge in [0.2, 0.25) is 0 Å². The standard InChI is InChI=1S/C10H13N3.ClH/c11-10(12)13-9-6-5-7-3-1-2-4-8(7)9;/h1-4,9H,5-6H2,(H4,11,12,13);1H. The molecule has 1 atom stereocenters. The molecular formula is C10H14ClN3. The van der Waals surface area contributed by atoms with Gasteiger partial charge in [-0.3, -0.25) is 0 Å². The average Bonchev–Trinajstić information content (AvgIpc) is 2.48. The Morgan fingerprint density at radius 3 is 2.71 bits per heavy atom. The molecule has 0 bridgehead atoms. The third-order valence-corrected chi connectivity index (χ3v) is 2.41. The normalized spacial score (nSPS) is 18.1. The lowest BCUT2D eigenvalue weighted by Gasteiger charge is -2.05. The monoisotopic (exact) mass is 211 g/mol. The zero-order valence-electron chi connectivity index (χ0n) is 7.81. The quantitative estimate of drug-likeness (QED) is 0.544. The number of fused-ring (bicyclic) bond motifs is 1. The maximum absolute atomic E-state index is 5.36. The van der Waals surface area contributed by atoms with E-state index < -0.39 is 0 Å². The van der Waals surface area contributed by atoms with Crippen molar-refractivity contribution in [3.8, 4) is 0 Å². The minimum absolute atomic E-state index is 0. The molecule has 1 aliphatic carbocycles. The number of nitrogens with two attached hydrogens (primary N) is 2. The molecular weight excluding hydrogens is 198 g/mol. The van der Waals surface area contributed by atoms with Gasteiger partial charge in [0, 0.05) is 0 Å². The molecule has 0 aromatic heterocycles. The number of guanidine groups is 1. The first-order valence-electron chi connectivity index (χ1n) is 4.44. The highest BCUT2D eigenvalue weighted by molar-refractivity contribution is 5.85. The van der Waals surface area contributed by atoms with E-state index in [0.29, 0.717) is 0 Å². The largest absolute Gasteiger partial charge is 0.370 e. The molecule has 1 aliphatic rings. The van der Waals surface area contributed by atoms with Crippen molar-refractivity contribution in [2.75, 3.05) is 0 Å². The van der Waals surface area contributed by atoms with E-state index in [1.807, 2.05) is 6.07 Å². The van der Waals surface area contributed by atoms with Crippen molar-refractivity contribution in [3.05, 3.63) is 35.4 Å². The topological polar surface area (TPSA) is 64.4 Å². The van der Waals surface area contributed by atoms with Gasteiger partial charge in [-0.15, -0.1) is 12.4 Å². The molecule has 3 nitrogen and oxygen atoms in total. The summed E-state index contributed by atoms with van der Waals surface area (Å²) in [5, 5.41) is 0. The van der Waals surface area contributed by atoms with Gasteiger partial charge < -0.3 is 11.5 Å². The highest BCUT2D eigenvalue weighted by Crippen LogP contribution is 2.33. The predicted molar refractivity (Wildman–Crippen MR) is 60.6 cm³/mol. The molecule has 0 spiro atoms. The lowest BCUT2D eigenvalue weighted by molar-refractivity contribution is 0.713. The fourth-order valence-electron chi connectivity index (χ4n) is 1.85. The molecule has 0 radical (unpaired) electrons. The molecule has 2 rings (SSSR count). The van der Waals surface area contributed by atoms with Gasteiger partial charge in [0.05, 0.1) is 6.04 Å². The van der Waals surface area contributed by atoms with Crippen LogP contribution in [0.15, 0.2) is 29.3 Å². The molecule has 0 saturated carbocycles. The van der Waals surface area contributed by atoms with Crippen molar-refractivity contribution in [2.45, 2.75) is 18.9 Å². The zero-order valence-corrected chi connectivity index (χ0v) is 8.63. The fourth-order valence-corrected chi connectivity index (χ4v) is 1.85. The predicted octanol–water partition coefficient (Wildman–Crippen LogP) is 1.37. The van der Waals surface area contributed by atoms with E-state index in [-0.39, 0.29) is 24.4 Å². The summed E-state index contributed by atoms with van der Waals surface area (Å²) in [5.74, 6) is 0.182. The van der Waals surface area contributed by atoms with Crippen molar-refractivity contribution in [2.24, 2.45) is 16.5 Å². The number of nitrogens with zero attached hydrogens (tertiary/aromatic N) is 1. The molecule has 1 unspecified atom stereocenters. The maximum Gasteiger partial charge on any atom is 0.186 e. The fraction of sp³-hybridized carbons (Fsp3) is 0.300. The van der Waals surface area contributed by atoms with Gasteiger partial charge in [-0.2, -0.15) is 0 Å². The molecule has 4 N–H and O–H groups in total. The minimum atomic E-state index is 0. The first-order chi connectivity index (χ1) is 6.27. The van der Waals surface area contributed by atoms with Crippen LogP contribution in [0.2, 0.25) is 0 Å². The number of rotatable bonds is 1. The summed E-state index contributed by atoms with van der Waals surface area (Å²) in [5.41, 5.74) is 13.4. The van der Waals surface area contributed by atoms with Crippen LogP contribution in [0, 0.1) is 0 Å². The third kappa shape index (κ3) is 1.99. The van der Waals surface area contributed by atoms with Crippen LogP contribution in [0.3, 0.4) is 0 Å². The van der Waals surface area contributed by atoms with Crippen molar-refractivity contribution in [1.29, 1.82) is 0 Å². The SMILES string of the molecule is Cl.NC(N)=NC1CCc2ccccc21. The molecule has 0 fully saturated rings. The highest BCUT2D eigenvalue weighted by atomic mass is 35.5. The van der Waals surface area contributed by atoms with Crippen molar-refractivity contribution < 1.29 is 0 Å². The Kier molecular flexibility index (Phi) is 3.36. The van der Waals surface area contributed by atoms with Crippen LogP contribution in [0.1, 0.15) is 23.6 Å². The Hall–Kier alpha value is -1.22. The number of halogens is 1. The van der Waals surface area contributed by atoms with E-state index in [2.05, 4.69) is 23.2 Å². The minimum Gasteiger partial charge on any atom is -0.370 e. The Labute approximate surface area is 89.6 Å². The van der Waals surface area contributed by atoms with Gasteiger partial charge in [0.1, 0.15) is 0 Å². The van der Waals surface area contributed by atoms with Crippen LogP contribution in [-0.4, -0.2) is 5.96 Å². The van der Waals surface area contributed by atoms with Gasteiger partial charge in [0.25, 0.3) is 0 Å². The van der Waals surface area contributed by atoms with Crippen LogP contribution < -0.4 is 11.5 Å². The second-order valence-corrected chi connectivity index (χ2v) is 3.31. The molecule has 0 amide bonds. The lowest BCUT2D eigenvalue weighted by atomic mass is 10.1. The Balaban J connectivity index is 0.000000980. The van der Waals surface area contributed by atoms with Crippen LogP contribution >= 0.6 is 12.4 Å². The van der Waals surface area contributed by atoms with Gasteiger partial charge in [-0.25, -0.2) is 4.99 Å². The number of hydrogen-bond acceptors (Lipinski definition) is 1. The van der Waals surface area contributed by atoms with Crippen molar-refractivity contribution >= 4 is 18.4 Å². The van der Waals surface area contributed by atoms with Crippen molar-refractivity contribution in [3.63, 3.8) is 0 Å². The van der Waals surface area contributed by atoms with Gasteiger partial charge in [-0.05, 0) is 24.0 Å². The number of aryl methyl sites for hydroxylation is 1. The smallest absolute Gasteiger partial charge is 0.186 e. The first-order valence-corrected chi connectivity index (χ1v) is 4.44. The van der Waals surface area contributed by atoms with E-state index in [9.17, 15) is 0 Å². The number of aliphatic imine (C=N–C) groups is 1. The molecule has 4 heteroatoms. The van der Waals surface area contributed by atoms with Gasteiger partial charge in [-0.1, -0.05) is 24.3 Å². The molecule has 0 aliphatic heterocycles. The number of benzene rings is 1. The molecule has 76 valence electrons. The summed E-state index contributed by atoms with van der Waals surface area (Å²) in [6.07, 6.45) is 2.11. The highest BCUT2D eigenvalue weighted by Gasteiger charge is 2.20. The molecule has 0 saturated heterocycles. The summed E-state index contributed by atoms with van der Waals surface area (Å²) in [6.45, 7) is 0. The van der Waals surface area contributed by atoms with Crippen LogP contribution in [-0.2, 0) is 6.42 Å². The summed E-state index contributed by atoms with van der Waals surface area (Å²) < 4.78 is 0. The summed E-state index contributed by atoms with van der Waals surface area (Å²) in [6, 6.07) is 8.49. The van der Waals surface area contributed by atoms with Crippen molar-refractivity contribution in [1.82, 2.24) is 0 Å². The van der Waals surface area contributed by atoms with Crippen LogP contribution in [0.5, 0.6) is 0 Å². The Bertz CT molecular complexity index is 345. The van der Waals surface area contributed by atoms with Crippen LogP contribution in [0.4, 0.5) is 0 Å². The maximum atomic E-state index is 5.36. The average molecular weight is 212 g/mol. The Morgan fingerprint density at radius 1 is 1.29 bits per heavy atom. The first kappa shape index (κ1) is 10.9. The second-order valence-electron chi connectivity index (χ2n) is 3.31. The van der Waals surface area contributed by atoms with Crippen LogP contribution in [0.25, 0.3) is 0 Å². The second kappa shape index (κ2) is 4.33. The molecule has 1 aromatic carbocycles. The summed E-state index contributed by atoms with van der Waals surface area (Å²) in [7, 11) is 0. The zero-order chi connectivity index (χ0) is 9.26. The van der Waals surface area contributed by atoms with Gasteiger partial charge in [0.15, 0.2) is 5.96 Å². The summed E-state index contributed by atoms with van der Waals surface area (Å²) >= 11 is 0. The van der Waals surface area contributed by atoms with E-state index in [1.165, 1.54) is 11.1 Å².